The second kappa shape index (κ2) is 6.05. The van der Waals surface area contributed by atoms with Crippen LogP contribution in [0, 0.1) is 12.7 Å². The van der Waals surface area contributed by atoms with Crippen molar-refractivity contribution < 1.29 is 14.0 Å². The molecule has 108 valence electrons. The van der Waals surface area contributed by atoms with E-state index in [2.05, 4.69) is 21.2 Å². The largest absolute Gasteiger partial charge is 0.366 e. The van der Waals surface area contributed by atoms with E-state index in [1.54, 1.807) is 19.1 Å². The van der Waals surface area contributed by atoms with Crippen LogP contribution in [-0.4, -0.2) is 11.8 Å². The maximum atomic E-state index is 13.4. The predicted molar refractivity (Wildman–Crippen MR) is 81.8 cm³/mol. The number of anilines is 1. The van der Waals surface area contributed by atoms with Crippen molar-refractivity contribution in [3.63, 3.8) is 0 Å². The first-order valence-corrected chi connectivity index (χ1v) is 6.85. The van der Waals surface area contributed by atoms with E-state index in [-0.39, 0.29) is 11.5 Å². The van der Waals surface area contributed by atoms with Crippen LogP contribution in [0.1, 0.15) is 26.3 Å². The maximum absolute atomic E-state index is 13.4. The zero-order valence-corrected chi connectivity index (χ0v) is 12.7. The molecule has 2 aromatic carbocycles. The number of carbonyl (C=O) groups excluding carboxylic acids is 2. The number of amides is 2. The number of rotatable bonds is 3. The van der Waals surface area contributed by atoms with Gasteiger partial charge in [0.05, 0.1) is 5.56 Å². The summed E-state index contributed by atoms with van der Waals surface area (Å²) in [6.07, 6.45) is 0. The molecule has 0 unspecified atom stereocenters. The third-order valence-electron chi connectivity index (χ3n) is 3.00. The number of hydrogen-bond acceptors (Lipinski definition) is 2. The van der Waals surface area contributed by atoms with Gasteiger partial charge in [0, 0.05) is 15.7 Å². The van der Waals surface area contributed by atoms with Crippen LogP contribution in [0.5, 0.6) is 0 Å². The van der Waals surface area contributed by atoms with Gasteiger partial charge >= 0.3 is 0 Å². The molecule has 3 N–H and O–H groups in total. The SMILES string of the molecule is Cc1c(Br)cccc1C(=O)Nc1ccc(F)c(C(N)=O)c1. The molecule has 2 rings (SSSR count). The van der Waals surface area contributed by atoms with Gasteiger partial charge in [-0.05, 0) is 42.8 Å². The van der Waals surface area contributed by atoms with E-state index < -0.39 is 11.7 Å². The third kappa shape index (κ3) is 3.28. The van der Waals surface area contributed by atoms with E-state index in [9.17, 15) is 14.0 Å². The van der Waals surface area contributed by atoms with E-state index in [0.29, 0.717) is 11.3 Å². The molecule has 0 aliphatic rings. The molecule has 2 aromatic rings. The molecule has 0 bridgehead atoms. The van der Waals surface area contributed by atoms with Crippen LogP contribution in [0.25, 0.3) is 0 Å². The molecule has 0 saturated carbocycles. The van der Waals surface area contributed by atoms with Gasteiger partial charge < -0.3 is 11.1 Å². The average Bonchev–Trinajstić information content (AvgIpc) is 2.43. The van der Waals surface area contributed by atoms with Gasteiger partial charge in [0.15, 0.2) is 0 Å². The molecule has 6 heteroatoms. The molecular formula is C15H12BrFN2O2. The lowest BCUT2D eigenvalue weighted by Crippen LogP contribution is -2.16. The molecule has 0 atom stereocenters. The van der Waals surface area contributed by atoms with Crippen molar-refractivity contribution in [1.29, 1.82) is 0 Å². The Balaban J connectivity index is 2.30. The number of benzene rings is 2. The third-order valence-corrected chi connectivity index (χ3v) is 3.86. The minimum absolute atomic E-state index is 0.265. The van der Waals surface area contributed by atoms with Crippen molar-refractivity contribution >= 4 is 33.4 Å². The Morgan fingerprint density at radius 1 is 1.19 bits per heavy atom. The molecule has 2 amide bonds. The lowest BCUT2D eigenvalue weighted by atomic mass is 10.1. The summed E-state index contributed by atoms with van der Waals surface area (Å²) in [6, 6.07) is 8.91. The van der Waals surface area contributed by atoms with Gasteiger partial charge in [-0.3, -0.25) is 9.59 Å². The highest BCUT2D eigenvalue weighted by atomic mass is 79.9. The fourth-order valence-corrected chi connectivity index (χ4v) is 2.21. The van der Waals surface area contributed by atoms with Gasteiger partial charge in [-0.25, -0.2) is 4.39 Å². The van der Waals surface area contributed by atoms with E-state index in [1.165, 1.54) is 12.1 Å². The second-order valence-electron chi connectivity index (χ2n) is 4.43. The summed E-state index contributed by atoms with van der Waals surface area (Å²) < 4.78 is 14.2. The van der Waals surface area contributed by atoms with Crippen LogP contribution in [0.3, 0.4) is 0 Å². The fraction of sp³-hybridized carbons (Fsp3) is 0.0667. The second-order valence-corrected chi connectivity index (χ2v) is 5.28. The Bertz CT molecular complexity index is 732. The number of hydrogen-bond donors (Lipinski definition) is 2. The van der Waals surface area contributed by atoms with Gasteiger partial charge in [-0.15, -0.1) is 0 Å². The fourth-order valence-electron chi connectivity index (χ4n) is 1.84. The quantitative estimate of drug-likeness (QED) is 0.891. The van der Waals surface area contributed by atoms with Gasteiger partial charge in [-0.1, -0.05) is 22.0 Å². The minimum Gasteiger partial charge on any atom is -0.366 e. The highest BCUT2D eigenvalue weighted by Crippen LogP contribution is 2.21. The van der Waals surface area contributed by atoms with E-state index in [0.717, 1.165) is 16.1 Å². The molecule has 21 heavy (non-hydrogen) atoms. The number of carbonyl (C=O) groups is 2. The standard InChI is InChI=1S/C15H12BrFN2O2/c1-8-10(3-2-4-12(8)16)15(21)19-9-5-6-13(17)11(7-9)14(18)20/h2-7H,1H3,(H2,18,20)(H,19,21). The summed E-state index contributed by atoms with van der Waals surface area (Å²) in [5, 5.41) is 2.61. The van der Waals surface area contributed by atoms with Crippen molar-refractivity contribution in [2.75, 3.05) is 5.32 Å². The Labute approximate surface area is 129 Å². The lowest BCUT2D eigenvalue weighted by Gasteiger charge is -2.10. The molecule has 0 radical (unpaired) electrons. The molecule has 0 fully saturated rings. The van der Waals surface area contributed by atoms with Crippen LogP contribution in [0.2, 0.25) is 0 Å². The van der Waals surface area contributed by atoms with Crippen molar-refractivity contribution in [3.05, 3.63) is 63.4 Å². The Morgan fingerprint density at radius 2 is 1.90 bits per heavy atom. The summed E-state index contributed by atoms with van der Waals surface area (Å²) in [6.45, 7) is 1.80. The van der Waals surface area contributed by atoms with Crippen molar-refractivity contribution in [3.8, 4) is 0 Å². The summed E-state index contributed by atoms with van der Waals surface area (Å²) in [7, 11) is 0. The number of primary amides is 1. The summed E-state index contributed by atoms with van der Waals surface area (Å²) in [5.41, 5.74) is 6.37. The van der Waals surface area contributed by atoms with E-state index >= 15 is 0 Å². The van der Waals surface area contributed by atoms with Crippen LogP contribution < -0.4 is 11.1 Å². The maximum Gasteiger partial charge on any atom is 0.255 e. The zero-order valence-electron chi connectivity index (χ0n) is 11.1. The first-order valence-electron chi connectivity index (χ1n) is 6.06. The summed E-state index contributed by atoms with van der Waals surface area (Å²) in [4.78, 5) is 23.3. The van der Waals surface area contributed by atoms with Crippen LogP contribution in [-0.2, 0) is 0 Å². The van der Waals surface area contributed by atoms with Gasteiger partial charge in [-0.2, -0.15) is 0 Å². The molecule has 0 aliphatic heterocycles. The summed E-state index contributed by atoms with van der Waals surface area (Å²) >= 11 is 3.35. The molecule has 0 aliphatic carbocycles. The Morgan fingerprint density at radius 3 is 2.57 bits per heavy atom. The van der Waals surface area contributed by atoms with E-state index in [4.69, 9.17) is 5.73 Å². The monoisotopic (exact) mass is 350 g/mol. The minimum atomic E-state index is -0.887. The van der Waals surface area contributed by atoms with Gasteiger partial charge in [0.25, 0.3) is 11.8 Å². The normalized spacial score (nSPS) is 10.2. The average molecular weight is 351 g/mol. The van der Waals surface area contributed by atoms with Crippen LogP contribution >= 0.6 is 15.9 Å². The highest BCUT2D eigenvalue weighted by molar-refractivity contribution is 9.10. The zero-order chi connectivity index (χ0) is 15.6. The highest BCUT2D eigenvalue weighted by Gasteiger charge is 2.13. The smallest absolute Gasteiger partial charge is 0.255 e. The topological polar surface area (TPSA) is 72.2 Å². The number of nitrogens with one attached hydrogen (secondary N) is 1. The van der Waals surface area contributed by atoms with Crippen molar-refractivity contribution in [1.82, 2.24) is 0 Å². The van der Waals surface area contributed by atoms with Crippen LogP contribution in [0.15, 0.2) is 40.9 Å². The molecule has 0 spiro atoms. The van der Waals surface area contributed by atoms with Crippen molar-refractivity contribution in [2.24, 2.45) is 5.73 Å². The summed E-state index contributed by atoms with van der Waals surface area (Å²) in [5.74, 6) is -1.96. The Hall–Kier alpha value is -2.21. The first kappa shape index (κ1) is 15.2. The number of halogens is 2. The molecule has 0 aromatic heterocycles. The number of nitrogens with two attached hydrogens (primary N) is 1. The molecular weight excluding hydrogens is 339 g/mol. The molecule has 4 nitrogen and oxygen atoms in total. The molecule has 0 saturated heterocycles. The predicted octanol–water partition coefficient (Wildman–Crippen LogP) is 3.25. The van der Waals surface area contributed by atoms with Gasteiger partial charge in [0.2, 0.25) is 0 Å². The van der Waals surface area contributed by atoms with Crippen LogP contribution in [0.4, 0.5) is 10.1 Å². The lowest BCUT2D eigenvalue weighted by molar-refractivity contribution is 0.0992. The Kier molecular flexibility index (Phi) is 4.37. The van der Waals surface area contributed by atoms with Gasteiger partial charge in [0.1, 0.15) is 5.82 Å². The first-order chi connectivity index (χ1) is 9.90. The van der Waals surface area contributed by atoms with Crippen molar-refractivity contribution in [2.45, 2.75) is 6.92 Å². The van der Waals surface area contributed by atoms with E-state index in [1.807, 2.05) is 6.07 Å². The molecule has 0 heterocycles.